The maximum atomic E-state index is 14.2. The zero-order valence-corrected chi connectivity index (χ0v) is 27.0. The highest BCUT2D eigenvalue weighted by Gasteiger charge is 2.30. The van der Waals surface area contributed by atoms with Crippen LogP contribution in [0.25, 0.3) is 0 Å². The minimum atomic E-state index is -3.91. The fourth-order valence-corrected chi connectivity index (χ4v) is 8.04. The number of nitrogens with one attached hydrogen (secondary N) is 2. The van der Waals surface area contributed by atoms with Gasteiger partial charge in [0.2, 0.25) is 5.13 Å². The molecule has 0 amide bonds. The number of unbranched alkanes of at least 4 members (excludes halogenated alkanes) is 5. The van der Waals surface area contributed by atoms with Crippen LogP contribution in [0.1, 0.15) is 73.9 Å². The number of fused-ring (bicyclic) bond motifs is 1. The predicted molar refractivity (Wildman–Crippen MR) is 179 cm³/mol. The molecule has 0 fully saturated rings. The van der Waals surface area contributed by atoms with E-state index in [4.69, 9.17) is 4.98 Å². The molecule has 0 bridgehead atoms. The highest BCUT2D eigenvalue weighted by Crippen LogP contribution is 2.36. The Morgan fingerprint density at radius 2 is 1.86 bits per heavy atom. The van der Waals surface area contributed by atoms with Crippen molar-refractivity contribution in [1.29, 1.82) is 0 Å². The predicted octanol–water partition coefficient (Wildman–Crippen LogP) is 6.80. The molecule has 1 atom stereocenters. The van der Waals surface area contributed by atoms with Crippen molar-refractivity contribution in [2.24, 2.45) is 0 Å². The van der Waals surface area contributed by atoms with Gasteiger partial charge in [0.1, 0.15) is 0 Å². The van der Waals surface area contributed by atoms with Crippen molar-refractivity contribution >= 4 is 37.9 Å². The van der Waals surface area contributed by atoms with Crippen LogP contribution >= 0.6 is 11.3 Å². The molecule has 4 aromatic rings. The fourth-order valence-electron chi connectivity index (χ4n) is 5.45. The van der Waals surface area contributed by atoms with Crippen molar-refractivity contribution in [3.63, 3.8) is 0 Å². The van der Waals surface area contributed by atoms with E-state index in [0.29, 0.717) is 23.9 Å². The highest BCUT2D eigenvalue weighted by atomic mass is 32.2. The van der Waals surface area contributed by atoms with Crippen LogP contribution in [0.2, 0.25) is 0 Å². The third kappa shape index (κ3) is 8.24. The van der Waals surface area contributed by atoms with E-state index in [-0.39, 0.29) is 4.90 Å². The van der Waals surface area contributed by atoms with Gasteiger partial charge in [-0.25, -0.2) is 17.7 Å². The van der Waals surface area contributed by atoms with Gasteiger partial charge in [-0.3, -0.25) is 4.98 Å². The van der Waals surface area contributed by atoms with E-state index < -0.39 is 16.1 Å². The van der Waals surface area contributed by atoms with Gasteiger partial charge in [-0.1, -0.05) is 57.2 Å². The molecule has 1 unspecified atom stereocenters. The summed E-state index contributed by atoms with van der Waals surface area (Å²) in [5.41, 5.74) is 5.37. The van der Waals surface area contributed by atoms with Gasteiger partial charge in [-0.2, -0.15) is 0 Å². The number of rotatable bonds is 17. The molecule has 3 heterocycles. The van der Waals surface area contributed by atoms with Gasteiger partial charge in [0.05, 0.1) is 22.4 Å². The number of pyridine rings is 1. The Morgan fingerprint density at radius 1 is 1.05 bits per heavy atom. The van der Waals surface area contributed by atoms with E-state index in [9.17, 15) is 13.5 Å². The molecule has 0 aliphatic carbocycles. The first-order chi connectivity index (χ1) is 21.5. The topological polar surface area (TPSA) is 107 Å². The van der Waals surface area contributed by atoms with Crippen LogP contribution in [0.4, 0.5) is 16.5 Å². The van der Waals surface area contributed by atoms with Crippen molar-refractivity contribution < 1.29 is 13.5 Å². The first-order valence-electron chi connectivity index (χ1n) is 15.7. The van der Waals surface area contributed by atoms with Crippen LogP contribution in [0.5, 0.6) is 0 Å². The quantitative estimate of drug-likeness (QED) is 0.110. The van der Waals surface area contributed by atoms with E-state index >= 15 is 0 Å². The molecule has 0 spiro atoms. The van der Waals surface area contributed by atoms with E-state index in [1.165, 1.54) is 41.3 Å². The third-order valence-electron chi connectivity index (χ3n) is 7.99. The molecule has 44 heavy (non-hydrogen) atoms. The number of hydrogen-bond acceptors (Lipinski definition) is 8. The molecule has 8 nitrogen and oxygen atoms in total. The van der Waals surface area contributed by atoms with Gasteiger partial charge >= 0.3 is 0 Å². The number of nitrogens with zero attached hydrogens (tertiary/aromatic N) is 3. The molecule has 5 rings (SSSR count). The Morgan fingerprint density at radius 3 is 2.66 bits per heavy atom. The second-order valence-corrected chi connectivity index (χ2v) is 14.0. The summed E-state index contributed by atoms with van der Waals surface area (Å²) >= 11 is 1.38. The van der Waals surface area contributed by atoms with Gasteiger partial charge in [0, 0.05) is 42.1 Å². The lowest BCUT2D eigenvalue weighted by Gasteiger charge is -2.22. The number of sulfonamides is 1. The van der Waals surface area contributed by atoms with Crippen molar-refractivity contribution in [1.82, 2.24) is 15.3 Å². The Labute approximate surface area is 265 Å². The molecule has 234 valence electrons. The van der Waals surface area contributed by atoms with Crippen molar-refractivity contribution in [2.75, 3.05) is 29.3 Å². The van der Waals surface area contributed by atoms with Gasteiger partial charge in [0.25, 0.3) is 10.0 Å². The molecule has 3 N–H and O–H groups in total. The number of hydrogen-bond donors (Lipinski definition) is 3. The zero-order valence-electron chi connectivity index (χ0n) is 25.4. The molecule has 1 aliphatic rings. The highest BCUT2D eigenvalue weighted by molar-refractivity contribution is 7.93. The van der Waals surface area contributed by atoms with Crippen molar-refractivity contribution in [3.8, 4) is 0 Å². The van der Waals surface area contributed by atoms with Crippen LogP contribution < -0.4 is 14.9 Å². The Hall–Kier alpha value is -3.31. The molecular weight excluding hydrogens is 591 g/mol. The minimum absolute atomic E-state index is 0.271. The lowest BCUT2D eigenvalue weighted by molar-refractivity contribution is 0.174. The minimum Gasteiger partial charge on any atom is -0.387 e. The average molecular weight is 634 g/mol. The first-order valence-corrected chi connectivity index (χ1v) is 18.0. The Bertz CT molecular complexity index is 1580. The SMILES string of the molecule is CCCCCCCCc1csc(N(c2ccc(CCNCC(O)c3cccnc3)cc2)S(=O)(=O)c2ccc3c(c2)CCN3)n1. The Kier molecular flexibility index (Phi) is 11.4. The number of aromatic nitrogens is 2. The summed E-state index contributed by atoms with van der Waals surface area (Å²) < 4.78 is 29.8. The van der Waals surface area contributed by atoms with E-state index in [0.717, 1.165) is 66.7 Å². The second-order valence-electron chi connectivity index (χ2n) is 11.3. The van der Waals surface area contributed by atoms with Crippen LogP contribution in [-0.4, -0.2) is 43.1 Å². The van der Waals surface area contributed by atoms with Crippen molar-refractivity contribution in [2.45, 2.75) is 75.7 Å². The summed E-state index contributed by atoms with van der Waals surface area (Å²) in [6, 6.07) is 16.7. The summed E-state index contributed by atoms with van der Waals surface area (Å²) in [4.78, 5) is 9.16. The smallest absolute Gasteiger partial charge is 0.270 e. The summed E-state index contributed by atoms with van der Waals surface area (Å²) in [5, 5.41) is 19.4. The molecule has 0 saturated heterocycles. The maximum absolute atomic E-state index is 14.2. The van der Waals surface area contributed by atoms with E-state index in [2.05, 4.69) is 22.5 Å². The van der Waals surface area contributed by atoms with E-state index in [1.807, 2.05) is 47.8 Å². The lowest BCUT2D eigenvalue weighted by Crippen LogP contribution is -2.26. The first kappa shape index (κ1) is 32.1. The summed E-state index contributed by atoms with van der Waals surface area (Å²) in [7, 11) is -3.91. The molecular formula is C34H43N5O3S2. The number of thiazole rings is 1. The second kappa shape index (κ2) is 15.6. The number of anilines is 3. The van der Waals surface area contributed by atoms with Crippen LogP contribution in [0.3, 0.4) is 0 Å². The standard InChI is InChI=1S/C34H43N5O3S2/c1-2-3-4-5-6-7-10-29-25-43-34(38-29)39(44(41,42)31-15-16-32-27(22-31)18-21-37-32)30-13-11-26(12-14-30)17-20-36-24-33(40)28-9-8-19-35-23-28/h8-9,11-16,19,22-23,25,33,36-37,40H,2-7,10,17-18,20-21,24H2,1H3. The van der Waals surface area contributed by atoms with Gasteiger partial charge in [-0.15, -0.1) is 11.3 Å². The molecule has 1 aliphatic heterocycles. The number of benzene rings is 2. The van der Waals surface area contributed by atoms with Crippen LogP contribution in [-0.2, 0) is 29.3 Å². The number of aryl methyl sites for hydroxylation is 1. The van der Waals surface area contributed by atoms with Gasteiger partial charge < -0.3 is 15.7 Å². The normalized spacial score (nSPS) is 13.4. The van der Waals surface area contributed by atoms with Gasteiger partial charge in [-0.05, 0) is 79.8 Å². The molecule has 2 aromatic heterocycles. The average Bonchev–Trinajstić information content (AvgIpc) is 3.71. The molecule has 0 radical (unpaired) electrons. The summed E-state index contributed by atoms with van der Waals surface area (Å²) in [5.74, 6) is 0. The molecule has 0 saturated carbocycles. The molecule has 10 heteroatoms. The third-order valence-corrected chi connectivity index (χ3v) is 10.7. The molecule has 2 aromatic carbocycles. The van der Waals surface area contributed by atoms with Crippen molar-refractivity contribution in [3.05, 3.63) is 94.8 Å². The zero-order chi connectivity index (χ0) is 30.8. The Balaban J connectivity index is 1.29. The number of aliphatic hydroxyl groups excluding tert-OH is 1. The largest absolute Gasteiger partial charge is 0.387 e. The lowest BCUT2D eigenvalue weighted by atomic mass is 10.1. The monoisotopic (exact) mass is 633 g/mol. The van der Waals surface area contributed by atoms with Crippen LogP contribution in [0.15, 0.2) is 77.3 Å². The van der Waals surface area contributed by atoms with E-state index in [1.54, 1.807) is 24.5 Å². The maximum Gasteiger partial charge on any atom is 0.270 e. The van der Waals surface area contributed by atoms with Gasteiger partial charge in [0.15, 0.2) is 0 Å². The fraction of sp³-hybridized carbons (Fsp3) is 0.412. The number of aliphatic hydroxyl groups is 1. The van der Waals surface area contributed by atoms with Crippen LogP contribution in [0, 0.1) is 0 Å². The summed E-state index contributed by atoms with van der Waals surface area (Å²) in [6.45, 7) is 4.14. The summed E-state index contributed by atoms with van der Waals surface area (Å²) in [6.07, 6.45) is 12.4.